The summed E-state index contributed by atoms with van der Waals surface area (Å²) in [6, 6.07) is 10.9. The zero-order valence-corrected chi connectivity index (χ0v) is 7.13. The Bertz CT molecular complexity index is 199. The summed E-state index contributed by atoms with van der Waals surface area (Å²) in [5, 5.41) is 15.9. The van der Waals surface area contributed by atoms with Crippen LogP contribution in [0.2, 0.25) is 0 Å². The lowest BCUT2D eigenvalue weighted by Crippen LogP contribution is -2.33. The second-order valence-electron chi connectivity index (χ2n) is 2.28. The van der Waals surface area contributed by atoms with Crippen molar-refractivity contribution in [2.45, 2.75) is 13.5 Å². The number of benzene rings is 1. The predicted octanol–water partition coefficient (Wildman–Crippen LogP) is 0.713. The van der Waals surface area contributed by atoms with Crippen molar-refractivity contribution in [3.63, 3.8) is 0 Å². The number of aliphatic hydroxyl groups excluding tert-OH is 1. The number of hydrogen-bond acceptors (Lipinski definition) is 3. The molecule has 0 aliphatic carbocycles. The van der Waals surface area contributed by atoms with E-state index in [9.17, 15) is 4.79 Å². The van der Waals surface area contributed by atoms with Crippen molar-refractivity contribution < 1.29 is 15.0 Å². The van der Waals surface area contributed by atoms with Gasteiger partial charge in [0.2, 0.25) is 0 Å². The van der Waals surface area contributed by atoms with Crippen molar-refractivity contribution in [3.05, 3.63) is 36.4 Å². The first-order valence-corrected chi connectivity index (χ1v) is 3.77. The number of aliphatic hydroxyl groups is 1. The maximum Gasteiger partial charge on any atom is 0.322 e. The molecule has 0 aliphatic rings. The fourth-order valence-electron chi connectivity index (χ4n) is 0.463. The third-order valence-corrected chi connectivity index (χ3v) is 1.18. The number of carboxylic acids is 1. The Kier molecular flexibility index (Phi) is 10.5. The zero-order valence-electron chi connectivity index (χ0n) is 7.13. The maximum atomic E-state index is 9.65. The molecule has 0 radical (unpaired) electrons. The fourth-order valence-corrected chi connectivity index (χ4v) is 0.463. The molecule has 14 heavy (non-hydrogen) atoms. The first kappa shape index (κ1) is 15.1. The molecule has 4 N–H and O–H groups in total. The van der Waals surface area contributed by atoms with E-state index in [-0.39, 0.29) is 7.43 Å². The molecule has 4 nitrogen and oxygen atoms in total. The van der Waals surface area contributed by atoms with Crippen LogP contribution in [-0.2, 0) is 4.79 Å². The molecule has 0 heterocycles. The van der Waals surface area contributed by atoms with Crippen molar-refractivity contribution >= 4 is 5.97 Å². The SMILES string of the molecule is C.NC(CO)C(=O)O.c1ccccc1. The van der Waals surface area contributed by atoms with Crippen LogP contribution < -0.4 is 5.73 Å². The minimum atomic E-state index is -1.18. The van der Waals surface area contributed by atoms with Gasteiger partial charge in [0.15, 0.2) is 0 Å². The summed E-state index contributed by atoms with van der Waals surface area (Å²) < 4.78 is 0. The van der Waals surface area contributed by atoms with E-state index in [2.05, 4.69) is 0 Å². The maximum absolute atomic E-state index is 9.65. The Morgan fingerprint density at radius 2 is 1.43 bits per heavy atom. The second-order valence-corrected chi connectivity index (χ2v) is 2.28. The van der Waals surface area contributed by atoms with Gasteiger partial charge in [-0.1, -0.05) is 43.8 Å². The van der Waals surface area contributed by atoms with Crippen molar-refractivity contribution in [2.24, 2.45) is 5.73 Å². The van der Waals surface area contributed by atoms with E-state index in [4.69, 9.17) is 15.9 Å². The molecule has 0 spiro atoms. The molecule has 4 heteroatoms. The van der Waals surface area contributed by atoms with Crippen LogP contribution in [0.4, 0.5) is 0 Å². The number of hydrogen-bond donors (Lipinski definition) is 3. The first-order valence-electron chi connectivity index (χ1n) is 3.77. The van der Waals surface area contributed by atoms with Gasteiger partial charge in [0.05, 0.1) is 6.61 Å². The van der Waals surface area contributed by atoms with Crippen LogP contribution in [0.5, 0.6) is 0 Å². The molecule has 0 bridgehead atoms. The Balaban J connectivity index is 0. The molecule has 0 fully saturated rings. The molecule has 1 atom stereocenters. The van der Waals surface area contributed by atoms with Gasteiger partial charge in [-0.15, -0.1) is 0 Å². The molecule has 0 amide bonds. The smallest absolute Gasteiger partial charge is 0.322 e. The van der Waals surface area contributed by atoms with Gasteiger partial charge in [0.25, 0.3) is 0 Å². The Morgan fingerprint density at radius 1 is 1.14 bits per heavy atom. The van der Waals surface area contributed by atoms with Crippen molar-refractivity contribution in [1.82, 2.24) is 0 Å². The molecule has 1 aromatic carbocycles. The quantitative estimate of drug-likeness (QED) is 0.655. The van der Waals surface area contributed by atoms with Crippen LogP contribution in [0.15, 0.2) is 36.4 Å². The van der Waals surface area contributed by atoms with Crippen molar-refractivity contribution in [1.29, 1.82) is 0 Å². The highest BCUT2D eigenvalue weighted by Gasteiger charge is 2.06. The number of aliphatic carboxylic acids is 1. The Hall–Kier alpha value is -1.39. The fraction of sp³-hybridized carbons (Fsp3) is 0.300. The zero-order chi connectivity index (χ0) is 10.1. The van der Waals surface area contributed by atoms with Crippen LogP contribution in [-0.4, -0.2) is 28.8 Å². The average Bonchev–Trinajstić information content (AvgIpc) is 2.20. The molecular formula is C10H17NO3. The van der Waals surface area contributed by atoms with Gasteiger partial charge in [-0.2, -0.15) is 0 Å². The van der Waals surface area contributed by atoms with Crippen LogP contribution >= 0.6 is 0 Å². The normalized spacial score (nSPS) is 10.1. The van der Waals surface area contributed by atoms with Crippen LogP contribution in [0.3, 0.4) is 0 Å². The number of rotatable bonds is 2. The Morgan fingerprint density at radius 3 is 1.50 bits per heavy atom. The summed E-state index contributed by atoms with van der Waals surface area (Å²) in [6.07, 6.45) is 0. The lowest BCUT2D eigenvalue weighted by Gasteiger charge is -1.96. The molecule has 1 aromatic rings. The summed E-state index contributed by atoms with van der Waals surface area (Å²) in [5.41, 5.74) is 4.77. The van der Waals surface area contributed by atoms with Gasteiger partial charge in [-0.25, -0.2) is 0 Å². The predicted molar refractivity (Wildman–Crippen MR) is 55.9 cm³/mol. The molecule has 0 saturated carbocycles. The van der Waals surface area contributed by atoms with Gasteiger partial charge in [0.1, 0.15) is 6.04 Å². The summed E-state index contributed by atoms with van der Waals surface area (Å²) in [6.45, 7) is -0.505. The van der Waals surface area contributed by atoms with Gasteiger partial charge in [-0.05, 0) is 0 Å². The topological polar surface area (TPSA) is 83.5 Å². The molecule has 1 unspecified atom stereocenters. The third-order valence-electron chi connectivity index (χ3n) is 1.18. The number of carboxylic acid groups (broad SMARTS) is 1. The molecule has 80 valence electrons. The largest absolute Gasteiger partial charge is 0.480 e. The summed E-state index contributed by atoms with van der Waals surface area (Å²) in [4.78, 5) is 9.65. The minimum absolute atomic E-state index is 0. The minimum Gasteiger partial charge on any atom is -0.480 e. The number of carbonyl (C=O) groups is 1. The van der Waals surface area contributed by atoms with Crippen LogP contribution in [0.1, 0.15) is 7.43 Å². The van der Waals surface area contributed by atoms with Gasteiger partial charge >= 0.3 is 5.97 Å². The van der Waals surface area contributed by atoms with Gasteiger partial charge in [0, 0.05) is 0 Å². The highest BCUT2D eigenvalue weighted by atomic mass is 16.4. The summed E-state index contributed by atoms with van der Waals surface area (Å²) in [5.74, 6) is -1.18. The van der Waals surface area contributed by atoms with E-state index < -0.39 is 18.6 Å². The van der Waals surface area contributed by atoms with E-state index in [1.807, 2.05) is 36.4 Å². The highest BCUT2D eigenvalue weighted by molar-refractivity contribution is 5.73. The van der Waals surface area contributed by atoms with Gasteiger partial charge in [-0.3, -0.25) is 4.79 Å². The van der Waals surface area contributed by atoms with Crippen LogP contribution in [0.25, 0.3) is 0 Å². The van der Waals surface area contributed by atoms with E-state index in [0.717, 1.165) is 0 Å². The molecular weight excluding hydrogens is 182 g/mol. The van der Waals surface area contributed by atoms with Crippen molar-refractivity contribution in [3.8, 4) is 0 Å². The summed E-state index contributed by atoms with van der Waals surface area (Å²) >= 11 is 0. The van der Waals surface area contributed by atoms with E-state index >= 15 is 0 Å². The lowest BCUT2D eigenvalue weighted by molar-refractivity contribution is -0.139. The average molecular weight is 199 g/mol. The molecule has 0 aromatic heterocycles. The third kappa shape index (κ3) is 8.70. The lowest BCUT2D eigenvalue weighted by atomic mass is 10.3. The van der Waals surface area contributed by atoms with Gasteiger partial charge < -0.3 is 15.9 Å². The van der Waals surface area contributed by atoms with E-state index in [0.29, 0.717) is 0 Å². The van der Waals surface area contributed by atoms with E-state index in [1.165, 1.54) is 0 Å². The monoisotopic (exact) mass is 199 g/mol. The van der Waals surface area contributed by atoms with Crippen molar-refractivity contribution in [2.75, 3.05) is 6.61 Å². The number of nitrogens with two attached hydrogens (primary N) is 1. The Labute approximate surface area is 84.0 Å². The highest BCUT2D eigenvalue weighted by Crippen LogP contribution is 1.79. The standard InChI is InChI=1S/C6H6.C3H7NO3.CH4/c1-2-4-6-5-3-1;4-2(1-5)3(6)7;/h1-6H;2,5H,1,4H2,(H,6,7);1H4. The summed E-state index contributed by atoms with van der Waals surface area (Å²) in [7, 11) is 0. The molecule has 1 rings (SSSR count). The molecule has 0 saturated heterocycles. The first-order chi connectivity index (χ1) is 6.18. The molecule has 0 aliphatic heterocycles. The van der Waals surface area contributed by atoms with E-state index in [1.54, 1.807) is 0 Å². The second kappa shape index (κ2) is 9.70. The van der Waals surface area contributed by atoms with Crippen LogP contribution in [0, 0.1) is 0 Å².